The number of nitrogens with one attached hydrogen (secondary N) is 1. The molecular weight excluding hydrogens is 449 g/mol. The number of fused-ring (bicyclic) bond motifs is 3. The first kappa shape index (κ1) is 24.3. The van der Waals surface area contributed by atoms with Crippen LogP contribution in [-0.4, -0.2) is 46.8 Å². The first-order valence-corrected chi connectivity index (χ1v) is 12.3. The van der Waals surface area contributed by atoms with E-state index in [1.807, 2.05) is 6.08 Å². The molecule has 35 heavy (non-hydrogen) atoms. The highest BCUT2D eigenvalue weighted by atomic mass is 19.1. The van der Waals surface area contributed by atoms with Gasteiger partial charge in [-0.15, -0.1) is 0 Å². The maximum atomic E-state index is 14.3. The fraction of sp³-hybridized carbons (Fsp3) is 0.571. The summed E-state index contributed by atoms with van der Waals surface area (Å²) in [6.07, 6.45) is 2.18. The number of carbonyl (C=O) groups is 2. The second-order valence-corrected chi connectivity index (χ2v) is 11.2. The van der Waals surface area contributed by atoms with Gasteiger partial charge in [-0.05, 0) is 62.5 Å². The van der Waals surface area contributed by atoms with Gasteiger partial charge in [0.15, 0.2) is 0 Å². The van der Waals surface area contributed by atoms with E-state index in [2.05, 4.69) is 11.9 Å². The van der Waals surface area contributed by atoms with Crippen molar-refractivity contribution in [3.63, 3.8) is 0 Å². The minimum Gasteiger partial charge on any atom is -0.389 e. The molecule has 3 N–H and O–H groups in total. The topological polar surface area (TPSA) is 95.9 Å². The lowest BCUT2D eigenvalue weighted by Crippen LogP contribution is -2.57. The largest absolute Gasteiger partial charge is 0.389 e. The van der Waals surface area contributed by atoms with Crippen molar-refractivity contribution in [2.45, 2.75) is 63.9 Å². The van der Waals surface area contributed by atoms with Gasteiger partial charge in [0.25, 0.3) is 0 Å². The number of ketones is 1. The summed E-state index contributed by atoms with van der Waals surface area (Å²) in [5.74, 6) is -2.18. The normalized spacial score (nSPS) is 41.7. The summed E-state index contributed by atoms with van der Waals surface area (Å²) in [4.78, 5) is 27.2. The number of hydrogen-bond acceptors (Lipinski definition) is 5. The first-order chi connectivity index (χ1) is 16.5. The maximum Gasteiger partial charge on any atom is 0.224 e. The molecule has 1 amide bonds. The Balaban J connectivity index is 1.62. The van der Waals surface area contributed by atoms with Crippen molar-refractivity contribution in [3.05, 3.63) is 59.4 Å². The van der Waals surface area contributed by atoms with Gasteiger partial charge in [0, 0.05) is 25.1 Å². The van der Waals surface area contributed by atoms with Crippen LogP contribution < -0.4 is 5.32 Å². The van der Waals surface area contributed by atoms with Crippen LogP contribution in [0, 0.1) is 34.4 Å². The summed E-state index contributed by atoms with van der Waals surface area (Å²) in [6, 6.07) is 6.29. The molecule has 5 rings (SSSR count). The predicted molar refractivity (Wildman–Crippen MR) is 127 cm³/mol. The van der Waals surface area contributed by atoms with Gasteiger partial charge in [-0.3, -0.25) is 9.59 Å². The smallest absolute Gasteiger partial charge is 0.224 e. The number of Topliss-reactive ketones (excluding diaryl/α,β-unsaturated/α-hetero) is 1. The molecule has 0 radical (unpaired) electrons. The predicted octanol–water partition coefficient (Wildman–Crippen LogP) is 3.08. The highest BCUT2D eigenvalue weighted by molar-refractivity contribution is 5.88. The van der Waals surface area contributed by atoms with Crippen molar-refractivity contribution < 1.29 is 28.9 Å². The second kappa shape index (κ2) is 8.08. The zero-order valence-electron chi connectivity index (χ0n) is 20.5. The number of rotatable bonds is 5. The molecule has 6 nitrogen and oxygen atoms in total. The molecule has 4 aliphatic rings. The number of allylic oxidation sites excluding steroid dienone is 1. The number of aliphatic hydroxyl groups excluding tert-OH is 1. The van der Waals surface area contributed by atoms with Crippen molar-refractivity contribution in [2.24, 2.45) is 28.6 Å². The molecule has 1 spiro atoms. The summed E-state index contributed by atoms with van der Waals surface area (Å²) < 4.78 is 19.9. The highest BCUT2D eigenvalue weighted by Gasteiger charge is 2.73. The van der Waals surface area contributed by atoms with E-state index >= 15 is 0 Å². The summed E-state index contributed by atoms with van der Waals surface area (Å²) >= 11 is 0. The molecule has 3 fully saturated rings. The number of ether oxygens (including phenoxy) is 1. The van der Waals surface area contributed by atoms with Crippen molar-refractivity contribution in [1.82, 2.24) is 5.32 Å². The van der Waals surface area contributed by atoms with E-state index in [0.29, 0.717) is 31.2 Å². The molecule has 0 aliphatic heterocycles. The van der Waals surface area contributed by atoms with Gasteiger partial charge >= 0.3 is 0 Å². The molecule has 1 aromatic rings. The molecular formula is C28H34FNO5. The molecule has 188 valence electrons. The lowest BCUT2D eigenvalue weighted by Gasteiger charge is -2.47. The number of amides is 1. The van der Waals surface area contributed by atoms with Crippen LogP contribution in [0.25, 0.3) is 0 Å². The molecule has 3 saturated carbocycles. The van der Waals surface area contributed by atoms with Crippen LogP contribution in [-0.2, 0) is 20.9 Å². The number of halogens is 1. The fourth-order valence-corrected chi connectivity index (χ4v) is 7.84. The second-order valence-electron chi connectivity index (χ2n) is 11.2. The minimum atomic E-state index is -1.25. The Bertz CT molecular complexity index is 1130. The number of benzene rings is 1. The van der Waals surface area contributed by atoms with Crippen LogP contribution in [0.15, 0.2) is 48.1 Å². The number of aliphatic hydroxyl groups is 2. The van der Waals surface area contributed by atoms with Crippen molar-refractivity contribution >= 4 is 11.7 Å². The van der Waals surface area contributed by atoms with E-state index in [1.54, 1.807) is 25.1 Å². The van der Waals surface area contributed by atoms with Gasteiger partial charge in [0.2, 0.25) is 5.91 Å². The molecule has 2 bridgehead atoms. The standard InChI is InChI=1S/C28H34FNO5/c1-15-12-27-14-28(15,34)10-9-19(27)18-11-21(35-4)24(32)26(3,16(2)31)22(18)23(27)25(33)30-13-17-7-5-6-8-20(17)29/h5-8,11,19,21-24,32,34H,1,9-10,12-14H2,2-4H3,(H,30,33)/t19-,21+,22+,23+,24-,26-,27-,28-/m0/s1. The summed E-state index contributed by atoms with van der Waals surface area (Å²) in [5, 5.41) is 25.6. The molecule has 1 aromatic carbocycles. The van der Waals surface area contributed by atoms with Gasteiger partial charge in [0.05, 0.1) is 23.0 Å². The highest BCUT2D eigenvalue weighted by Crippen LogP contribution is 2.73. The average molecular weight is 484 g/mol. The zero-order chi connectivity index (χ0) is 25.3. The van der Waals surface area contributed by atoms with E-state index in [1.165, 1.54) is 20.1 Å². The lowest BCUT2D eigenvalue weighted by molar-refractivity contribution is -0.152. The van der Waals surface area contributed by atoms with E-state index in [-0.39, 0.29) is 24.2 Å². The van der Waals surface area contributed by atoms with Crippen molar-refractivity contribution in [1.29, 1.82) is 0 Å². The summed E-state index contributed by atoms with van der Waals surface area (Å²) in [7, 11) is 1.51. The fourth-order valence-electron chi connectivity index (χ4n) is 7.84. The Labute approximate surface area is 205 Å². The zero-order valence-corrected chi connectivity index (χ0v) is 20.5. The van der Waals surface area contributed by atoms with E-state index in [4.69, 9.17) is 4.74 Å². The van der Waals surface area contributed by atoms with Crippen LogP contribution in [0.3, 0.4) is 0 Å². The Morgan fingerprint density at radius 2 is 2.03 bits per heavy atom. The minimum absolute atomic E-state index is 0.0137. The molecule has 0 unspecified atom stereocenters. The van der Waals surface area contributed by atoms with Gasteiger partial charge in [-0.2, -0.15) is 0 Å². The molecule has 0 heterocycles. The lowest BCUT2D eigenvalue weighted by atomic mass is 9.58. The summed E-state index contributed by atoms with van der Waals surface area (Å²) in [6.45, 7) is 7.36. The molecule has 7 heteroatoms. The molecule has 0 aromatic heterocycles. The quantitative estimate of drug-likeness (QED) is 0.560. The Morgan fingerprint density at radius 3 is 2.69 bits per heavy atom. The molecule has 4 aliphatic carbocycles. The van der Waals surface area contributed by atoms with Crippen LogP contribution >= 0.6 is 0 Å². The monoisotopic (exact) mass is 483 g/mol. The third-order valence-corrected chi connectivity index (χ3v) is 9.73. The molecule has 8 atom stereocenters. The SMILES string of the molecule is C=C1C[C@]23C[C@@]1(O)CC[C@H]2C1=C[C@@H](OC)[C@H](O)[C@@](C)(C(C)=O)[C@H]1[C@@H]3C(=O)NCc1ccccc1F. The van der Waals surface area contributed by atoms with E-state index in [9.17, 15) is 24.2 Å². The van der Waals surface area contributed by atoms with Crippen molar-refractivity contribution in [3.8, 4) is 0 Å². The Morgan fingerprint density at radius 1 is 1.31 bits per heavy atom. The van der Waals surface area contributed by atoms with E-state index in [0.717, 1.165) is 11.1 Å². The van der Waals surface area contributed by atoms with Gasteiger partial charge in [-0.25, -0.2) is 4.39 Å². The third kappa shape index (κ3) is 3.24. The third-order valence-electron chi connectivity index (χ3n) is 9.73. The van der Waals surface area contributed by atoms with Crippen LogP contribution in [0.2, 0.25) is 0 Å². The Hall–Kier alpha value is -2.35. The van der Waals surface area contributed by atoms with E-state index < -0.39 is 46.3 Å². The number of methoxy groups -OCH3 is 1. The number of hydrogen-bond donors (Lipinski definition) is 3. The van der Waals surface area contributed by atoms with Crippen LogP contribution in [0.1, 0.15) is 45.1 Å². The number of carbonyl (C=O) groups excluding carboxylic acids is 2. The molecule has 0 saturated heterocycles. The average Bonchev–Trinajstić information content (AvgIpc) is 3.20. The van der Waals surface area contributed by atoms with Crippen LogP contribution in [0.5, 0.6) is 0 Å². The first-order valence-electron chi connectivity index (χ1n) is 12.3. The van der Waals surface area contributed by atoms with Crippen LogP contribution in [0.4, 0.5) is 4.39 Å². The summed E-state index contributed by atoms with van der Waals surface area (Å²) in [5.41, 5.74) is -0.863. The Kier molecular flexibility index (Phi) is 5.62. The van der Waals surface area contributed by atoms with Crippen molar-refractivity contribution in [2.75, 3.05) is 7.11 Å². The van der Waals surface area contributed by atoms with Gasteiger partial charge in [-0.1, -0.05) is 36.4 Å². The van der Waals surface area contributed by atoms with Gasteiger partial charge < -0.3 is 20.3 Å². The van der Waals surface area contributed by atoms with Gasteiger partial charge in [0.1, 0.15) is 17.7 Å². The maximum absolute atomic E-state index is 14.3.